The maximum atomic E-state index is 13.6. The lowest BCUT2D eigenvalue weighted by atomic mass is 9.86. The molecule has 0 unspecified atom stereocenters. The third kappa shape index (κ3) is 4.60. The van der Waals surface area contributed by atoms with Gasteiger partial charge in [-0.2, -0.15) is 0 Å². The van der Waals surface area contributed by atoms with E-state index < -0.39 is 0 Å². The van der Waals surface area contributed by atoms with Crippen LogP contribution in [0.5, 0.6) is 0 Å². The van der Waals surface area contributed by atoms with Crippen LogP contribution in [0.1, 0.15) is 58.9 Å². The lowest BCUT2D eigenvalue weighted by Crippen LogP contribution is -2.41. The van der Waals surface area contributed by atoms with Crippen LogP contribution in [-0.2, 0) is 6.54 Å². The third-order valence-electron chi connectivity index (χ3n) is 6.78. The highest BCUT2D eigenvalue weighted by Gasteiger charge is 2.29. The number of hydrogen-bond acceptors (Lipinski definition) is 3. The summed E-state index contributed by atoms with van der Waals surface area (Å²) < 4.78 is 13.5. The number of hydrogen-bond donors (Lipinski definition) is 1. The standard InChI is InChI=1S/C28H27FN2O2S/c1-18-6-2-4-8-23(18)30-27(32)20-12-15-26-24(16-20)31(17-19-10-13-21(29)14-11-19)28(33)22-7-3-5-9-25(22)34-26/h3,5,7,9-16,18,23H,2,4,6,8,17H2,1H3,(H,30,32)/t18-,23-/m1/s1. The minimum atomic E-state index is -0.317. The summed E-state index contributed by atoms with van der Waals surface area (Å²) in [6, 6.07) is 19.5. The zero-order chi connectivity index (χ0) is 23.7. The number of benzene rings is 3. The Morgan fingerprint density at radius 1 is 1.03 bits per heavy atom. The number of halogens is 1. The summed E-state index contributed by atoms with van der Waals surface area (Å²) in [6.45, 7) is 2.48. The van der Waals surface area contributed by atoms with Gasteiger partial charge in [0.25, 0.3) is 11.8 Å². The Balaban J connectivity index is 1.51. The predicted octanol–water partition coefficient (Wildman–Crippen LogP) is 6.45. The molecule has 2 amide bonds. The van der Waals surface area contributed by atoms with Crippen LogP contribution in [0, 0.1) is 11.7 Å². The van der Waals surface area contributed by atoms with Gasteiger partial charge in [-0.15, -0.1) is 0 Å². The van der Waals surface area contributed by atoms with Gasteiger partial charge < -0.3 is 10.2 Å². The van der Waals surface area contributed by atoms with Crippen LogP contribution in [-0.4, -0.2) is 17.9 Å². The summed E-state index contributed by atoms with van der Waals surface area (Å²) in [6.07, 6.45) is 4.47. The van der Waals surface area contributed by atoms with Crippen molar-refractivity contribution in [1.82, 2.24) is 5.32 Å². The van der Waals surface area contributed by atoms with Crippen molar-refractivity contribution < 1.29 is 14.0 Å². The zero-order valence-electron chi connectivity index (χ0n) is 19.1. The number of amides is 2. The SMILES string of the molecule is C[C@@H]1CCCC[C@H]1NC(=O)c1ccc2c(c1)N(Cc1ccc(F)cc1)C(=O)c1ccccc1S2. The van der Waals surface area contributed by atoms with Crippen molar-refractivity contribution in [1.29, 1.82) is 0 Å². The summed E-state index contributed by atoms with van der Waals surface area (Å²) in [5, 5.41) is 3.22. The van der Waals surface area contributed by atoms with E-state index >= 15 is 0 Å². The third-order valence-corrected chi connectivity index (χ3v) is 7.92. The van der Waals surface area contributed by atoms with Gasteiger partial charge >= 0.3 is 0 Å². The highest BCUT2D eigenvalue weighted by Crippen LogP contribution is 2.42. The van der Waals surface area contributed by atoms with E-state index in [1.807, 2.05) is 42.5 Å². The highest BCUT2D eigenvalue weighted by molar-refractivity contribution is 7.99. The number of fused-ring (bicyclic) bond motifs is 2. The lowest BCUT2D eigenvalue weighted by molar-refractivity contribution is 0.0908. The second kappa shape index (κ2) is 9.63. The van der Waals surface area contributed by atoms with E-state index in [1.54, 1.807) is 17.0 Å². The largest absolute Gasteiger partial charge is 0.349 e. The van der Waals surface area contributed by atoms with Crippen molar-refractivity contribution in [3.8, 4) is 0 Å². The number of nitrogens with one attached hydrogen (secondary N) is 1. The maximum absolute atomic E-state index is 13.6. The summed E-state index contributed by atoms with van der Waals surface area (Å²) in [7, 11) is 0. The first-order chi connectivity index (χ1) is 16.5. The van der Waals surface area contributed by atoms with E-state index in [4.69, 9.17) is 0 Å². The van der Waals surface area contributed by atoms with E-state index in [2.05, 4.69) is 12.2 Å². The van der Waals surface area contributed by atoms with Gasteiger partial charge in [-0.3, -0.25) is 9.59 Å². The second-order valence-electron chi connectivity index (χ2n) is 9.14. The summed E-state index contributed by atoms with van der Waals surface area (Å²) in [5.41, 5.74) is 2.67. The Bertz CT molecular complexity index is 1230. The molecule has 0 bridgehead atoms. The Hall–Kier alpha value is -3.12. The van der Waals surface area contributed by atoms with E-state index in [9.17, 15) is 14.0 Å². The molecule has 1 heterocycles. The fourth-order valence-corrected chi connectivity index (χ4v) is 5.83. The van der Waals surface area contributed by atoms with Crippen molar-refractivity contribution in [3.05, 3.63) is 89.2 Å². The lowest BCUT2D eigenvalue weighted by Gasteiger charge is -2.29. The second-order valence-corrected chi connectivity index (χ2v) is 10.2. The van der Waals surface area contributed by atoms with E-state index in [1.165, 1.54) is 30.3 Å². The molecule has 5 rings (SSSR count). The molecule has 1 aliphatic carbocycles. The first-order valence-corrected chi connectivity index (χ1v) is 12.6. The quantitative estimate of drug-likeness (QED) is 0.473. The molecule has 174 valence electrons. The average molecular weight is 475 g/mol. The Labute approximate surface area is 203 Å². The normalized spacial score (nSPS) is 19.7. The van der Waals surface area contributed by atoms with Crippen molar-refractivity contribution in [3.63, 3.8) is 0 Å². The van der Waals surface area contributed by atoms with E-state index in [0.29, 0.717) is 22.7 Å². The number of anilines is 1. The predicted molar refractivity (Wildman–Crippen MR) is 133 cm³/mol. The molecule has 2 aliphatic rings. The van der Waals surface area contributed by atoms with Gasteiger partial charge in [0.05, 0.1) is 17.8 Å². The molecule has 0 saturated heterocycles. The Morgan fingerprint density at radius 3 is 2.59 bits per heavy atom. The topological polar surface area (TPSA) is 49.4 Å². The van der Waals surface area contributed by atoms with Crippen LogP contribution in [0.4, 0.5) is 10.1 Å². The molecule has 0 radical (unpaired) electrons. The monoisotopic (exact) mass is 474 g/mol. The van der Waals surface area contributed by atoms with Crippen LogP contribution in [0.2, 0.25) is 0 Å². The molecule has 3 aromatic rings. The molecule has 1 saturated carbocycles. The van der Waals surface area contributed by atoms with Crippen LogP contribution in [0.15, 0.2) is 76.5 Å². The minimum Gasteiger partial charge on any atom is -0.349 e. The maximum Gasteiger partial charge on any atom is 0.259 e. The van der Waals surface area contributed by atoms with Crippen LogP contribution in [0.25, 0.3) is 0 Å². The summed E-state index contributed by atoms with van der Waals surface area (Å²) in [5.74, 6) is -0.101. The van der Waals surface area contributed by atoms with Crippen molar-refractivity contribution in [2.24, 2.45) is 5.92 Å². The minimum absolute atomic E-state index is 0.109. The molecule has 1 fully saturated rings. The summed E-state index contributed by atoms with van der Waals surface area (Å²) in [4.78, 5) is 30.3. The van der Waals surface area contributed by atoms with Gasteiger partial charge in [0, 0.05) is 21.4 Å². The smallest absolute Gasteiger partial charge is 0.259 e. The van der Waals surface area contributed by atoms with E-state index in [-0.39, 0.29) is 30.2 Å². The molecule has 4 nitrogen and oxygen atoms in total. The van der Waals surface area contributed by atoms with Crippen molar-refractivity contribution in [2.75, 3.05) is 4.90 Å². The van der Waals surface area contributed by atoms with Gasteiger partial charge in [0.2, 0.25) is 0 Å². The van der Waals surface area contributed by atoms with E-state index in [0.717, 1.165) is 34.6 Å². The highest BCUT2D eigenvalue weighted by atomic mass is 32.2. The molecule has 3 aromatic carbocycles. The van der Waals surface area contributed by atoms with Crippen molar-refractivity contribution >= 4 is 29.3 Å². The fourth-order valence-electron chi connectivity index (χ4n) is 4.77. The van der Waals surface area contributed by atoms with Gasteiger partial charge in [-0.05, 0) is 66.8 Å². The molecule has 6 heteroatoms. The number of rotatable bonds is 4. The fraction of sp³-hybridized carbons (Fsp3) is 0.286. The molecule has 2 atom stereocenters. The zero-order valence-corrected chi connectivity index (χ0v) is 19.9. The first-order valence-electron chi connectivity index (χ1n) is 11.8. The van der Waals surface area contributed by atoms with Gasteiger partial charge in [0.1, 0.15) is 5.82 Å². The molecule has 0 spiro atoms. The molecular formula is C28H27FN2O2S. The van der Waals surface area contributed by atoms with Crippen LogP contribution >= 0.6 is 11.8 Å². The van der Waals surface area contributed by atoms with Gasteiger partial charge in [-0.1, -0.05) is 55.8 Å². The molecule has 1 N–H and O–H groups in total. The first kappa shape index (κ1) is 22.7. The summed E-state index contributed by atoms with van der Waals surface area (Å²) >= 11 is 1.53. The van der Waals surface area contributed by atoms with Crippen LogP contribution in [0.3, 0.4) is 0 Å². The van der Waals surface area contributed by atoms with Gasteiger partial charge in [-0.25, -0.2) is 4.39 Å². The molecule has 34 heavy (non-hydrogen) atoms. The number of nitrogens with zero attached hydrogens (tertiary/aromatic N) is 1. The van der Waals surface area contributed by atoms with Crippen LogP contribution < -0.4 is 10.2 Å². The molecule has 1 aliphatic heterocycles. The van der Waals surface area contributed by atoms with Crippen molar-refractivity contribution in [2.45, 2.75) is 55.0 Å². The van der Waals surface area contributed by atoms with Gasteiger partial charge in [0.15, 0.2) is 0 Å². The Morgan fingerprint density at radius 2 is 1.79 bits per heavy atom. The Kier molecular flexibility index (Phi) is 6.42. The molecular weight excluding hydrogens is 447 g/mol. The molecule has 0 aromatic heterocycles. The average Bonchev–Trinajstić information content (AvgIpc) is 2.96. The number of carbonyl (C=O) groups excluding carboxylic acids is 2. The number of carbonyl (C=O) groups is 2.